The quantitative estimate of drug-likeness (QED) is 0.716. The van der Waals surface area contributed by atoms with E-state index in [0.29, 0.717) is 6.04 Å². The predicted molar refractivity (Wildman–Crippen MR) is 91.6 cm³/mol. The lowest BCUT2D eigenvalue weighted by molar-refractivity contribution is 0.543. The first-order valence-corrected chi connectivity index (χ1v) is 8.56. The van der Waals surface area contributed by atoms with Gasteiger partial charge >= 0.3 is 0 Å². The number of piperidine rings is 1. The molecular formula is C18H16BrN3. The van der Waals surface area contributed by atoms with E-state index in [1.807, 2.05) is 6.20 Å². The standard InChI is InChI=1S/C18H16BrN3/c19-14-4-3-10-5-12(2-1-11(10)6-14)17-9-20-18(22-17)16-8-13-7-15(13)21-16/h1-6,9,13,15-16,21H,7-8H2,(H,20,22)/t13-,15-,16+/m1/s1. The van der Waals surface area contributed by atoms with Crippen LogP contribution in [0.4, 0.5) is 0 Å². The maximum absolute atomic E-state index is 4.81. The molecule has 0 spiro atoms. The lowest BCUT2D eigenvalue weighted by Gasteiger charge is -2.09. The Morgan fingerprint density at radius 1 is 1.05 bits per heavy atom. The second-order valence-electron chi connectivity index (χ2n) is 6.43. The Labute approximate surface area is 137 Å². The Bertz CT molecular complexity index is 860. The van der Waals surface area contributed by atoms with Crippen LogP contribution in [0.15, 0.2) is 47.1 Å². The van der Waals surface area contributed by atoms with Gasteiger partial charge in [0.2, 0.25) is 0 Å². The third kappa shape index (κ3) is 2.09. The topological polar surface area (TPSA) is 40.7 Å². The van der Waals surface area contributed by atoms with Crippen LogP contribution >= 0.6 is 15.9 Å². The van der Waals surface area contributed by atoms with Crippen molar-refractivity contribution in [1.82, 2.24) is 15.3 Å². The van der Waals surface area contributed by atoms with Gasteiger partial charge < -0.3 is 10.3 Å². The Hall–Kier alpha value is -1.65. The first-order valence-electron chi connectivity index (χ1n) is 7.77. The van der Waals surface area contributed by atoms with Crippen molar-refractivity contribution in [2.45, 2.75) is 24.9 Å². The van der Waals surface area contributed by atoms with Gasteiger partial charge in [-0.1, -0.05) is 34.1 Å². The van der Waals surface area contributed by atoms with E-state index < -0.39 is 0 Å². The molecule has 2 N–H and O–H groups in total. The normalized spacial score (nSPS) is 26.3. The average Bonchev–Trinajstić information content (AvgIpc) is 2.96. The third-order valence-corrected chi connectivity index (χ3v) is 5.40. The molecule has 22 heavy (non-hydrogen) atoms. The van der Waals surface area contributed by atoms with Crippen molar-refractivity contribution in [3.63, 3.8) is 0 Å². The minimum atomic E-state index is 0.411. The van der Waals surface area contributed by atoms with Crippen molar-refractivity contribution in [1.29, 1.82) is 0 Å². The van der Waals surface area contributed by atoms with Gasteiger partial charge in [-0.15, -0.1) is 0 Å². The fraction of sp³-hybridized carbons (Fsp3) is 0.278. The van der Waals surface area contributed by atoms with E-state index >= 15 is 0 Å². The van der Waals surface area contributed by atoms with E-state index in [4.69, 9.17) is 4.98 Å². The lowest BCUT2D eigenvalue weighted by atomic mass is 10.1. The van der Waals surface area contributed by atoms with Crippen LogP contribution in [0.5, 0.6) is 0 Å². The molecule has 5 rings (SSSR count). The van der Waals surface area contributed by atoms with Gasteiger partial charge in [-0.05, 0) is 47.7 Å². The first kappa shape index (κ1) is 12.9. The van der Waals surface area contributed by atoms with Gasteiger partial charge in [0.05, 0.1) is 11.7 Å². The van der Waals surface area contributed by atoms with Crippen molar-refractivity contribution in [3.05, 3.63) is 52.9 Å². The summed E-state index contributed by atoms with van der Waals surface area (Å²) < 4.78 is 1.11. The molecule has 110 valence electrons. The summed E-state index contributed by atoms with van der Waals surface area (Å²) in [7, 11) is 0. The van der Waals surface area contributed by atoms with Gasteiger partial charge in [0.15, 0.2) is 0 Å². The predicted octanol–water partition coefficient (Wildman–Crippen LogP) is 4.42. The van der Waals surface area contributed by atoms with E-state index in [1.165, 1.54) is 29.2 Å². The summed E-state index contributed by atoms with van der Waals surface area (Å²) in [5, 5.41) is 6.13. The van der Waals surface area contributed by atoms with Gasteiger partial charge in [0.25, 0.3) is 0 Å². The fourth-order valence-electron chi connectivity index (χ4n) is 3.57. The zero-order valence-electron chi connectivity index (χ0n) is 12.0. The number of benzene rings is 2. The summed E-state index contributed by atoms with van der Waals surface area (Å²) in [5.74, 6) is 1.97. The van der Waals surface area contributed by atoms with Crippen LogP contribution in [-0.2, 0) is 0 Å². The molecule has 0 unspecified atom stereocenters. The second kappa shape index (κ2) is 4.67. The molecule has 3 aromatic rings. The molecule has 2 heterocycles. The summed E-state index contributed by atoms with van der Waals surface area (Å²) in [6, 6.07) is 14.0. The number of imidazole rings is 1. The lowest BCUT2D eigenvalue weighted by Crippen LogP contribution is -2.18. The van der Waals surface area contributed by atoms with Crippen molar-refractivity contribution in [2.75, 3.05) is 0 Å². The molecule has 3 atom stereocenters. The van der Waals surface area contributed by atoms with Gasteiger partial charge in [-0.3, -0.25) is 0 Å². The summed E-state index contributed by atoms with van der Waals surface area (Å²) in [5.41, 5.74) is 2.20. The van der Waals surface area contributed by atoms with Gasteiger partial charge in [0.1, 0.15) is 5.82 Å². The van der Waals surface area contributed by atoms with E-state index in [-0.39, 0.29) is 0 Å². The Morgan fingerprint density at radius 3 is 2.77 bits per heavy atom. The summed E-state index contributed by atoms with van der Waals surface area (Å²) in [6.07, 6.45) is 4.61. The molecule has 2 fully saturated rings. The number of fused-ring (bicyclic) bond motifs is 2. The highest BCUT2D eigenvalue weighted by Gasteiger charge is 2.46. The number of nitrogens with one attached hydrogen (secondary N) is 2. The Kier molecular flexibility index (Phi) is 2.73. The van der Waals surface area contributed by atoms with Crippen LogP contribution in [0, 0.1) is 5.92 Å². The molecule has 2 aliphatic rings. The molecule has 1 saturated carbocycles. The van der Waals surface area contributed by atoms with Crippen LogP contribution in [-0.4, -0.2) is 16.0 Å². The fourth-order valence-corrected chi connectivity index (χ4v) is 3.95. The number of hydrogen-bond acceptors (Lipinski definition) is 2. The summed E-state index contributed by atoms with van der Waals surface area (Å²) in [6.45, 7) is 0. The van der Waals surface area contributed by atoms with Crippen molar-refractivity contribution >= 4 is 26.7 Å². The zero-order valence-corrected chi connectivity index (χ0v) is 13.6. The van der Waals surface area contributed by atoms with Crippen molar-refractivity contribution in [3.8, 4) is 11.3 Å². The van der Waals surface area contributed by atoms with Crippen LogP contribution in [0.3, 0.4) is 0 Å². The molecule has 0 amide bonds. The number of nitrogens with zero attached hydrogens (tertiary/aromatic N) is 1. The highest BCUT2D eigenvalue weighted by atomic mass is 79.9. The van der Waals surface area contributed by atoms with Gasteiger partial charge in [-0.25, -0.2) is 4.98 Å². The number of hydrogen-bond donors (Lipinski definition) is 2. The van der Waals surface area contributed by atoms with E-state index in [2.05, 4.69) is 62.6 Å². The maximum atomic E-state index is 4.81. The molecule has 2 aromatic carbocycles. The SMILES string of the molecule is Brc1ccc2cc(-c3c[nH]c([C@@H]4C[C@H]5C[C@H]5N4)n3)ccc2c1. The first-order chi connectivity index (χ1) is 10.8. The van der Waals surface area contributed by atoms with Gasteiger partial charge in [-0.2, -0.15) is 0 Å². The minimum absolute atomic E-state index is 0.411. The number of H-pyrrole nitrogens is 1. The van der Waals surface area contributed by atoms with E-state index in [9.17, 15) is 0 Å². The average molecular weight is 354 g/mol. The number of rotatable bonds is 2. The highest BCUT2D eigenvalue weighted by molar-refractivity contribution is 9.10. The summed E-state index contributed by atoms with van der Waals surface area (Å²) in [4.78, 5) is 8.18. The molecule has 1 saturated heterocycles. The summed E-state index contributed by atoms with van der Waals surface area (Å²) >= 11 is 3.52. The molecule has 3 nitrogen and oxygen atoms in total. The molecule has 1 aliphatic carbocycles. The van der Waals surface area contributed by atoms with Crippen LogP contribution < -0.4 is 5.32 Å². The maximum Gasteiger partial charge on any atom is 0.124 e. The zero-order chi connectivity index (χ0) is 14.7. The third-order valence-electron chi connectivity index (χ3n) is 4.90. The Morgan fingerprint density at radius 2 is 1.91 bits per heavy atom. The van der Waals surface area contributed by atoms with E-state index in [1.54, 1.807) is 0 Å². The molecule has 1 aliphatic heterocycles. The Balaban J connectivity index is 1.49. The number of aromatic nitrogens is 2. The van der Waals surface area contributed by atoms with Crippen LogP contribution in [0.25, 0.3) is 22.0 Å². The van der Waals surface area contributed by atoms with Crippen molar-refractivity contribution < 1.29 is 0 Å². The van der Waals surface area contributed by atoms with E-state index in [0.717, 1.165) is 28.0 Å². The smallest absolute Gasteiger partial charge is 0.124 e. The molecule has 4 heteroatoms. The molecular weight excluding hydrogens is 338 g/mol. The highest BCUT2D eigenvalue weighted by Crippen LogP contribution is 2.45. The number of halogens is 1. The van der Waals surface area contributed by atoms with Gasteiger partial charge in [0, 0.05) is 22.3 Å². The molecule has 0 radical (unpaired) electrons. The van der Waals surface area contributed by atoms with Crippen LogP contribution in [0.2, 0.25) is 0 Å². The molecule has 1 aromatic heterocycles. The van der Waals surface area contributed by atoms with Crippen molar-refractivity contribution in [2.24, 2.45) is 5.92 Å². The number of aromatic amines is 1. The second-order valence-corrected chi connectivity index (χ2v) is 7.35. The monoisotopic (exact) mass is 353 g/mol. The minimum Gasteiger partial charge on any atom is -0.347 e. The largest absolute Gasteiger partial charge is 0.347 e. The molecule has 0 bridgehead atoms. The van der Waals surface area contributed by atoms with Crippen LogP contribution in [0.1, 0.15) is 24.7 Å².